The van der Waals surface area contributed by atoms with Crippen LogP contribution in [0.5, 0.6) is 0 Å². The fourth-order valence-corrected chi connectivity index (χ4v) is 4.84. The molecule has 1 saturated carbocycles. The van der Waals surface area contributed by atoms with E-state index in [1.807, 2.05) is 7.05 Å². The number of carbonyl (C=O) groups excluding carboxylic acids is 1. The van der Waals surface area contributed by atoms with E-state index in [0.29, 0.717) is 31.9 Å². The molecule has 2 aliphatic rings. The average molecular weight is 352 g/mol. The Morgan fingerprint density at radius 1 is 1.21 bits per heavy atom. The van der Waals surface area contributed by atoms with Crippen molar-refractivity contribution in [2.45, 2.75) is 36.6 Å². The molecule has 24 heavy (non-hydrogen) atoms. The fourth-order valence-electron chi connectivity index (χ4n) is 3.39. The van der Waals surface area contributed by atoms with Crippen LogP contribution in [0.25, 0.3) is 0 Å². The topological polar surface area (TPSA) is 66.9 Å². The van der Waals surface area contributed by atoms with Crippen molar-refractivity contribution in [2.24, 2.45) is 0 Å². The number of nitrogens with zero attached hydrogens (tertiary/aromatic N) is 2. The van der Waals surface area contributed by atoms with E-state index in [9.17, 15) is 13.2 Å². The Kier molecular flexibility index (Phi) is 5.22. The molecule has 1 aliphatic heterocycles. The quantitative estimate of drug-likeness (QED) is 0.828. The molecule has 0 bridgehead atoms. The highest BCUT2D eigenvalue weighted by Crippen LogP contribution is 2.25. The van der Waals surface area contributed by atoms with Crippen molar-refractivity contribution in [1.82, 2.24) is 9.21 Å². The van der Waals surface area contributed by atoms with Crippen LogP contribution in [0.2, 0.25) is 0 Å². The summed E-state index contributed by atoms with van der Waals surface area (Å²) in [4.78, 5) is 14.6. The lowest BCUT2D eigenvalue weighted by molar-refractivity contribution is 0.0727. The minimum absolute atomic E-state index is 0.110. The van der Waals surface area contributed by atoms with E-state index in [0.717, 1.165) is 25.7 Å². The molecule has 0 unspecified atom stereocenters. The van der Waals surface area contributed by atoms with Gasteiger partial charge in [0.1, 0.15) is 0 Å². The molecular formula is C17H24N2O4S. The molecule has 0 radical (unpaired) electrons. The molecule has 1 aromatic carbocycles. The molecule has 1 amide bonds. The van der Waals surface area contributed by atoms with E-state index in [1.54, 1.807) is 23.1 Å². The van der Waals surface area contributed by atoms with E-state index in [2.05, 4.69) is 0 Å². The maximum Gasteiger partial charge on any atom is 0.253 e. The van der Waals surface area contributed by atoms with Gasteiger partial charge in [-0.3, -0.25) is 4.79 Å². The van der Waals surface area contributed by atoms with Crippen molar-refractivity contribution < 1.29 is 17.9 Å². The van der Waals surface area contributed by atoms with Gasteiger partial charge in [-0.15, -0.1) is 0 Å². The SMILES string of the molecule is CN(C(=O)c1cccc(S(=O)(=O)N2CCOCC2)c1)C1CCCC1. The first-order valence-corrected chi connectivity index (χ1v) is 9.89. The lowest BCUT2D eigenvalue weighted by Crippen LogP contribution is -2.40. The van der Waals surface area contributed by atoms with Crippen LogP contribution in [-0.2, 0) is 14.8 Å². The van der Waals surface area contributed by atoms with E-state index < -0.39 is 10.0 Å². The van der Waals surface area contributed by atoms with Crippen LogP contribution in [0, 0.1) is 0 Å². The van der Waals surface area contributed by atoms with Crippen molar-refractivity contribution in [2.75, 3.05) is 33.4 Å². The smallest absolute Gasteiger partial charge is 0.253 e. The summed E-state index contributed by atoms with van der Waals surface area (Å²) < 4.78 is 32.1. The van der Waals surface area contributed by atoms with E-state index in [4.69, 9.17) is 4.74 Å². The molecule has 3 rings (SSSR count). The molecule has 0 N–H and O–H groups in total. The first kappa shape index (κ1) is 17.4. The second-order valence-corrected chi connectivity index (χ2v) is 8.34. The third kappa shape index (κ3) is 3.48. The first-order valence-electron chi connectivity index (χ1n) is 8.45. The second kappa shape index (κ2) is 7.21. The van der Waals surface area contributed by atoms with Gasteiger partial charge in [0.05, 0.1) is 18.1 Å². The minimum atomic E-state index is -3.58. The number of ether oxygens (including phenoxy) is 1. The fraction of sp³-hybridized carbons (Fsp3) is 0.588. The Labute approximate surface area is 143 Å². The number of hydrogen-bond donors (Lipinski definition) is 0. The van der Waals surface area contributed by atoms with Crippen molar-refractivity contribution in [3.8, 4) is 0 Å². The largest absolute Gasteiger partial charge is 0.379 e. The van der Waals surface area contributed by atoms with Gasteiger partial charge in [0.2, 0.25) is 10.0 Å². The van der Waals surface area contributed by atoms with Gasteiger partial charge < -0.3 is 9.64 Å². The zero-order valence-electron chi connectivity index (χ0n) is 14.0. The highest BCUT2D eigenvalue weighted by Gasteiger charge is 2.28. The molecule has 7 heteroatoms. The molecule has 0 spiro atoms. The summed E-state index contributed by atoms with van der Waals surface area (Å²) in [6, 6.07) is 6.64. The van der Waals surface area contributed by atoms with Crippen LogP contribution in [0.1, 0.15) is 36.0 Å². The summed E-state index contributed by atoms with van der Waals surface area (Å²) in [6.45, 7) is 1.51. The van der Waals surface area contributed by atoms with Crippen molar-refractivity contribution in [3.05, 3.63) is 29.8 Å². The Hall–Kier alpha value is -1.44. The Morgan fingerprint density at radius 2 is 1.88 bits per heavy atom. The van der Waals surface area contributed by atoms with Crippen molar-refractivity contribution in [1.29, 1.82) is 0 Å². The lowest BCUT2D eigenvalue weighted by Gasteiger charge is -2.27. The van der Waals surface area contributed by atoms with E-state index >= 15 is 0 Å². The molecule has 1 heterocycles. The molecule has 1 aromatic rings. The van der Waals surface area contributed by atoms with Crippen LogP contribution in [0.15, 0.2) is 29.2 Å². The summed E-state index contributed by atoms with van der Waals surface area (Å²) in [5.41, 5.74) is 0.429. The third-order valence-electron chi connectivity index (χ3n) is 4.88. The summed E-state index contributed by atoms with van der Waals surface area (Å²) in [6.07, 6.45) is 4.34. The van der Waals surface area contributed by atoms with Crippen LogP contribution >= 0.6 is 0 Å². The number of amides is 1. The predicted octanol–water partition coefficient (Wildman–Crippen LogP) is 1.72. The summed E-state index contributed by atoms with van der Waals surface area (Å²) in [7, 11) is -1.77. The number of benzene rings is 1. The second-order valence-electron chi connectivity index (χ2n) is 6.40. The Morgan fingerprint density at radius 3 is 2.54 bits per heavy atom. The van der Waals surface area contributed by atoms with Crippen LogP contribution in [-0.4, -0.2) is 62.9 Å². The highest BCUT2D eigenvalue weighted by atomic mass is 32.2. The summed E-state index contributed by atoms with van der Waals surface area (Å²) in [5, 5.41) is 0. The van der Waals surface area contributed by atoms with Crippen molar-refractivity contribution >= 4 is 15.9 Å². The average Bonchev–Trinajstić information content (AvgIpc) is 3.16. The minimum Gasteiger partial charge on any atom is -0.379 e. The maximum absolute atomic E-state index is 12.7. The van der Waals surface area contributed by atoms with Gasteiger partial charge >= 0.3 is 0 Å². The number of carbonyl (C=O) groups is 1. The standard InChI is InChI=1S/C17H24N2O4S/c1-18(15-6-2-3-7-15)17(20)14-5-4-8-16(13-14)24(21,22)19-9-11-23-12-10-19/h4-5,8,13,15H,2-3,6-7,9-12H2,1H3. The van der Waals surface area contributed by atoms with E-state index in [-0.39, 0.29) is 16.8 Å². The molecular weight excluding hydrogens is 328 g/mol. The first-order chi connectivity index (χ1) is 11.5. The van der Waals surface area contributed by atoms with Gasteiger partial charge in [-0.25, -0.2) is 8.42 Å². The van der Waals surface area contributed by atoms with E-state index in [1.165, 1.54) is 10.4 Å². The van der Waals surface area contributed by atoms with Crippen LogP contribution in [0.4, 0.5) is 0 Å². The Balaban J connectivity index is 1.81. The van der Waals surface area contributed by atoms with Gasteiger partial charge in [-0.2, -0.15) is 4.31 Å². The highest BCUT2D eigenvalue weighted by molar-refractivity contribution is 7.89. The number of morpholine rings is 1. The molecule has 132 valence electrons. The van der Waals surface area contributed by atoms with Gasteiger partial charge in [0.25, 0.3) is 5.91 Å². The number of hydrogen-bond acceptors (Lipinski definition) is 4. The zero-order valence-corrected chi connectivity index (χ0v) is 14.8. The van der Waals surface area contributed by atoms with Gasteiger partial charge in [0.15, 0.2) is 0 Å². The lowest BCUT2D eigenvalue weighted by atomic mass is 10.1. The summed E-state index contributed by atoms with van der Waals surface area (Å²) in [5.74, 6) is -0.110. The molecule has 0 aromatic heterocycles. The molecule has 1 saturated heterocycles. The maximum atomic E-state index is 12.7. The molecule has 0 atom stereocenters. The van der Waals surface area contributed by atoms with Crippen LogP contribution < -0.4 is 0 Å². The van der Waals surface area contributed by atoms with Crippen molar-refractivity contribution in [3.63, 3.8) is 0 Å². The molecule has 2 fully saturated rings. The van der Waals surface area contributed by atoms with Gasteiger partial charge in [-0.1, -0.05) is 18.9 Å². The van der Waals surface area contributed by atoms with Gasteiger partial charge in [0, 0.05) is 31.7 Å². The summed E-state index contributed by atoms with van der Waals surface area (Å²) >= 11 is 0. The zero-order chi connectivity index (χ0) is 17.2. The molecule has 6 nitrogen and oxygen atoms in total. The number of sulfonamides is 1. The van der Waals surface area contributed by atoms with Crippen LogP contribution in [0.3, 0.4) is 0 Å². The monoisotopic (exact) mass is 352 g/mol. The predicted molar refractivity (Wildman–Crippen MR) is 90.4 cm³/mol. The third-order valence-corrected chi connectivity index (χ3v) is 6.78. The number of rotatable bonds is 4. The van der Waals surface area contributed by atoms with Gasteiger partial charge in [-0.05, 0) is 31.0 Å². The normalized spacial score (nSPS) is 20.2. The molecule has 1 aliphatic carbocycles. The Bertz CT molecular complexity index is 692.